The van der Waals surface area contributed by atoms with Crippen LogP contribution >= 0.6 is 0 Å². The molecule has 0 aliphatic rings. The Morgan fingerprint density at radius 3 is 2.31 bits per heavy atom. The van der Waals surface area contributed by atoms with E-state index in [9.17, 15) is 0 Å². The lowest BCUT2D eigenvalue weighted by Gasteiger charge is -2.11. The Labute approximate surface area is 95.9 Å². The van der Waals surface area contributed by atoms with Crippen LogP contribution in [0.4, 0.5) is 11.4 Å². The summed E-state index contributed by atoms with van der Waals surface area (Å²) in [6, 6.07) is 11.9. The molecule has 2 aromatic carbocycles. The van der Waals surface area contributed by atoms with Crippen molar-refractivity contribution in [3.63, 3.8) is 0 Å². The van der Waals surface area contributed by atoms with Crippen LogP contribution < -0.4 is 11.5 Å². The molecule has 0 heterocycles. The molecule has 0 unspecified atom stereocenters. The standard InChI is InChI=1S/C14H16N2/c1-9-3-4-10(2)12(7-9)13-8-11(15)5-6-14(13)16/h3-8H,15-16H2,1-2H3. The van der Waals surface area contributed by atoms with Crippen molar-refractivity contribution in [2.45, 2.75) is 13.8 Å². The van der Waals surface area contributed by atoms with Crippen LogP contribution in [-0.4, -0.2) is 0 Å². The third kappa shape index (κ3) is 1.87. The zero-order valence-electron chi connectivity index (χ0n) is 9.62. The molecular weight excluding hydrogens is 196 g/mol. The first-order chi connectivity index (χ1) is 7.58. The SMILES string of the molecule is Cc1ccc(C)c(-c2cc(N)ccc2N)c1. The Kier molecular flexibility index (Phi) is 2.57. The largest absolute Gasteiger partial charge is 0.399 e. The smallest absolute Gasteiger partial charge is 0.0395 e. The minimum absolute atomic E-state index is 0.741. The molecule has 0 aliphatic carbocycles. The second-order valence-electron chi connectivity index (χ2n) is 4.17. The van der Waals surface area contributed by atoms with E-state index < -0.39 is 0 Å². The molecule has 82 valence electrons. The molecule has 2 heteroatoms. The van der Waals surface area contributed by atoms with Gasteiger partial charge in [-0.2, -0.15) is 0 Å². The van der Waals surface area contributed by atoms with Crippen LogP contribution in [0.2, 0.25) is 0 Å². The second kappa shape index (κ2) is 3.89. The monoisotopic (exact) mass is 212 g/mol. The van der Waals surface area contributed by atoms with E-state index in [0.29, 0.717) is 0 Å². The molecule has 16 heavy (non-hydrogen) atoms. The second-order valence-corrected chi connectivity index (χ2v) is 4.17. The number of hydrogen-bond acceptors (Lipinski definition) is 2. The Bertz CT molecular complexity index is 481. The van der Waals surface area contributed by atoms with Crippen LogP contribution in [0.15, 0.2) is 36.4 Å². The number of hydrogen-bond donors (Lipinski definition) is 2. The first-order valence-corrected chi connectivity index (χ1v) is 5.30. The maximum absolute atomic E-state index is 5.98. The molecule has 0 atom stereocenters. The molecule has 0 fully saturated rings. The number of benzene rings is 2. The van der Waals surface area contributed by atoms with Crippen molar-refractivity contribution in [3.05, 3.63) is 47.5 Å². The summed E-state index contributed by atoms with van der Waals surface area (Å²) in [5, 5.41) is 0. The molecule has 4 N–H and O–H groups in total. The highest BCUT2D eigenvalue weighted by Crippen LogP contribution is 2.30. The van der Waals surface area contributed by atoms with E-state index in [1.54, 1.807) is 0 Å². The summed E-state index contributed by atoms with van der Waals surface area (Å²) < 4.78 is 0. The number of nitrogen functional groups attached to an aromatic ring is 2. The van der Waals surface area contributed by atoms with Crippen molar-refractivity contribution >= 4 is 11.4 Å². The Hall–Kier alpha value is -1.96. The highest BCUT2D eigenvalue weighted by Gasteiger charge is 2.06. The third-order valence-corrected chi connectivity index (χ3v) is 2.76. The first-order valence-electron chi connectivity index (χ1n) is 5.30. The van der Waals surface area contributed by atoms with Crippen molar-refractivity contribution in [2.24, 2.45) is 0 Å². The van der Waals surface area contributed by atoms with Gasteiger partial charge < -0.3 is 11.5 Å². The van der Waals surface area contributed by atoms with E-state index in [1.165, 1.54) is 11.1 Å². The van der Waals surface area contributed by atoms with Gasteiger partial charge in [0.15, 0.2) is 0 Å². The lowest BCUT2D eigenvalue weighted by atomic mass is 9.97. The summed E-state index contributed by atoms with van der Waals surface area (Å²) in [6.45, 7) is 4.16. The molecule has 0 aliphatic heterocycles. The molecule has 2 rings (SSSR count). The third-order valence-electron chi connectivity index (χ3n) is 2.76. The van der Waals surface area contributed by atoms with E-state index in [4.69, 9.17) is 11.5 Å². The Morgan fingerprint density at radius 2 is 1.56 bits per heavy atom. The van der Waals surface area contributed by atoms with Gasteiger partial charge in [-0.15, -0.1) is 0 Å². The molecule has 0 bridgehead atoms. The van der Waals surface area contributed by atoms with E-state index in [2.05, 4.69) is 32.0 Å². The molecule has 2 nitrogen and oxygen atoms in total. The van der Waals surface area contributed by atoms with Crippen LogP contribution in [-0.2, 0) is 0 Å². The number of aryl methyl sites for hydroxylation is 2. The molecule has 0 aromatic heterocycles. The van der Waals surface area contributed by atoms with Gasteiger partial charge in [0.2, 0.25) is 0 Å². The van der Waals surface area contributed by atoms with Crippen molar-refractivity contribution < 1.29 is 0 Å². The van der Waals surface area contributed by atoms with E-state index in [1.807, 2.05) is 18.2 Å². The van der Waals surface area contributed by atoms with E-state index in [0.717, 1.165) is 22.5 Å². The maximum atomic E-state index is 5.98. The van der Waals surface area contributed by atoms with Gasteiger partial charge in [0, 0.05) is 16.9 Å². The zero-order chi connectivity index (χ0) is 11.7. The first kappa shape index (κ1) is 10.6. The van der Waals surface area contributed by atoms with Crippen LogP contribution in [0, 0.1) is 13.8 Å². The molecule has 0 radical (unpaired) electrons. The van der Waals surface area contributed by atoms with Gasteiger partial charge in [0.25, 0.3) is 0 Å². The number of anilines is 2. The van der Waals surface area contributed by atoms with Crippen LogP contribution in [0.3, 0.4) is 0 Å². The minimum Gasteiger partial charge on any atom is -0.399 e. The summed E-state index contributed by atoms with van der Waals surface area (Å²) in [4.78, 5) is 0. The summed E-state index contributed by atoms with van der Waals surface area (Å²) in [5.41, 5.74) is 17.9. The molecule has 2 aromatic rings. The molecule has 0 saturated carbocycles. The fraction of sp³-hybridized carbons (Fsp3) is 0.143. The van der Waals surface area contributed by atoms with E-state index in [-0.39, 0.29) is 0 Å². The summed E-state index contributed by atoms with van der Waals surface area (Å²) >= 11 is 0. The summed E-state index contributed by atoms with van der Waals surface area (Å²) in [5.74, 6) is 0. The molecular formula is C14H16N2. The zero-order valence-corrected chi connectivity index (χ0v) is 9.62. The van der Waals surface area contributed by atoms with Crippen molar-refractivity contribution in [3.8, 4) is 11.1 Å². The normalized spacial score (nSPS) is 10.4. The number of rotatable bonds is 1. The van der Waals surface area contributed by atoms with Crippen LogP contribution in [0.5, 0.6) is 0 Å². The molecule has 0 amide bonds. The highest BCUT2D eigenvalue weighted by atomic mass is 14.6. The minimum atomic E-state index is 0.741. The lowest BCUT2D eigenvalue weighted by Crippen LogP contribution is -1.94. The predicted molar refractivity (Wildman–Crippen MR) is 70.2 cm³/mol. The summed E-state index contributed by atoms with van der Waals surface area (Å²) in [6.07, 6.45) is 0. The van der Waals surface area contributed by atoms with Crippen LogP contribution in [0.25, 0.3) is 11.1 Å². The predicted octanol–water partition coefficient (Wildman–Crippen LogP) is 3.13. The maximum Gasteiger partial charge on any atom is 0.0395 e. The van der Waals surface area contributed by atoms with Gasteiger partial charge >= 0.3 is 0 Å². The fourth-order valence-electron chi connectivity index (χ4n) is 1.83. The lowest BCUT2D eigenvalue weighted by molar-refractivity contribution is 1.39. The average Bonchev–Trinajstić information content (AvgIpc) is 2.25. The topological polar surface area (TPSA) is 52.0 Å². The van der Waals surface area contributed by atoms with Crippen molar-refractivity contribution in [1.29, 1.82) is 0 Å². The van der Waals surface area contributed by atoms with Gasteiger partial charge in [0.1, 0.15) is 0 Å². The van der Waals surface area contributed by atoms with Crippen LogP contribution in [0.1, 0.15) is 11.1 Å². The molecule has 0 spiro atoms. The van der Waals surface area contributed by atoms with Gasteiger partial charge in [-0.1, -0.05) is 23.8 Å². The quantitative estimate of drug-likeness (QED) is 0.713. The van der Waals surface area contributed by atoms with Crippen molar-refractivity contribution in [2.75, 3.05) is 11.5 Å². The fourth-order valence-corrected chi connectivity index (χ4v) is 1.83. The van der Waals surface area contributed by atoms with Crippen molar-refractivity contribution in [1.82, 2.24) is 0 Å². The van der Waals surface area contributed by atoms with Gasteiger partial charge in [-0.25, -0.2) is 0 Å². The summed E-state index contributed by atoms with van der Waals surface area (Å²) in [7, 11) is 0. The van der Waals surface area contributed by atoms with E-state index >= 15 is 0 Å². The molecule has 0 saturated heterocycles. The van der Waals surface area contributed by atoms with Gasteiger partial charge in [0.05, 0.1) is 0 Å². The highest BCUT2D eigenvalue weighted by molar-refractivity contribution is 5.81. The average molecular weight is 212 g/mol. The Balaban J connectivity index is 2.66. The van der Waals surface area contributed by atoms with Gasteiger partial charge in [-0.3, -0.25) is 0 Å². The Morgan fingerprint density at radius 1 is 0.812 bits per heavy atom. The number of nitrogens with two attached hydrogens (primary N) is 2. The van der Waals surface area contributed by atoms with Gasteiger partial charge in [-0.05, 0) is 43.2 Å².